The maximum Gasteiger partial charge on any atom is 0.248 e. The fourth-order valence-corrected chi connectivity index (χ4v) is 2.96. The van der Waals surface area contributed by atoms with Crippen molar-refractivity contribution in [2.24, 2.45) is 0 Å². The first kappa shape index (κ1) is 16.9. The lowest BCUT2D eigenvalue weighted by molar-refractivity contribution is -0.111. The van der Waals surface area contributed by atoms with Crippen LogP contribution < -0.4 is 5.32 Å². The molecule has 1 N–H and O–H groups in total. The van der Waals surface area contributed by atoms with E-state index in [0.29, 0.717) is 26.3 Å². The Labute approximate surface area is 144 Å². The summed E-state index contributed by atoms with van der Waals surface area (Å²) in [6.07, 6.45) is 2.96. The van der Waals surface area contributed by atoms with Crippen LogP contribution >= 0.6 is 34.8 Å². The molecule has 2 nitrogen and oxygen atoms in total. The van der Waals surface area contributed by atoms with E-state index in [2.05, 4.69) is 5.32 Å². The molecule has 0 aliphatic carbocycles. The van der Waals surface area contributed by atoms with Crippen LogP contribution in [0.3, 0.4) is 0 Å². The second-order valence-electron chi connectivity index (χ2n) is 4.90. The molecule has 0 saturated heterocycles. The third-order valence-corrected chi connectivity index (χ3v) is 4.04. The average Bonchev–Trinajstić information content (AvgIpc) is 2.42. The van der Waals surface area contributed by atoms with Crippen LogP contribution in [0, 0.1) is 13.8 Å². The third-order valence-electron chi connectivity index (χ3n) is 3.08. The first-order valence-corrected chi connectivity index (χ1v) is 7.71. The molecule has 2 rings (SSSR count). The molecule has 1 amide bonds. The molecule has 0 aliphatic rings. The molecule has 0 heterocycles. The van der Waals surface area contributed by atoms with E-state index < -0.39 is 0 Å². The zero-order valence-corrected chi connectivity index (χ0v) is 14.4. The van der Waals surface area contributed by atoms with Gasteiger partial charge in [-0.2, -0.15) is 0 Å². The van der Waals surface area contributed by atoms with Crippen molar-refractivity contribution in [2.45, 2.75) is 13.8 Å². The van der Waals surface area contributed by atoms with Crippen LogP contribution in [0.15, 0.2) is 36.4 Å². The Morgan fingerprint density at radius 2 is 1.68 bits per heavy atom. The normalized spacial score (nSPS) is 11.0. The third kappa shape index (κ3) is 4.04. The molecule has 2 aromatic rings. The number of carbonyl (C=O) groups is 1. The summed E-state index contributed by atoms with van der Waals surface area (Å²) in [5, 5.41) is 4.25. The SMILES string of the molecule is Cc1cc(C)c(NC(=O)/C=C/c2c(Cl)cccc2Cl)c(Cl)c1. The highest BCUT2D eigenvalue weighted by Crippen LogP contribution is 2.28. The van der Waals surface area contributed by atoms with Crippen LogP contribution in [-0.4, -0.2) is 5.91 Å². The van der Waals surface area contributed by atoms with Gasteiger partial charge in [-0.15, -0.1) is 0 Å². The molecule has 0 fully saturated rings. The summed E-state index contributed by atoms with van der Waals surface area (Å²) < 4.78 is 0. The molecule has 0 saturated carbocycles. The van der Waals surface area contributed by atoms with Crippen LogP contribution in [0.25, 0.3) is 6.08 Å². The highest BCUT2D eigenvalue weighted by atomic mass is 35.5. The van der Waals surface area contributed by atoms with Crippen molar-refractivity contribution in [3.05, 3.63) is 68.2 Å². The van der Waals surface area contributed by atoms with E-state index >= 15 is 0 Å². The lowest BCUT2D eigenvalue weighted by Crippen LogP contribution is -2.09. The number of carbonyl (C=O) groups excluding carboxylic acids is 1. The van der Waals surface area contributed by atoms with Crippen molar-refractivity contribution in [1.29, 1.82) is 0 Å². The molecule has 114 valence electrons. The van der Waals surface area contributed by atoms with E-state index in [9.17, 15) is 4.79 Å². The Kier molecular flexibility index (Phi) is 5.52. The van der Waals surface area contributed by atoms with Gasteiger partial charge in [0.15, 0.2) is 0 Å². The fraction of sp³-hybridized carbons (Fsp3) is 0.118. The highest BCUT2D eigenvalue weighted by molar-refractivity contribution is 6.37. The molecule has 0 atom stereocenters. The minimum absolute atomic E-state index is 0.301. The van der Waals surface area contributed by atoms with Gasteiger partial charge in [0, 0.05) is 21.7 Å². The van der Waals surface area contributed by atoms with Gasteiger partial charge in [-0.05, 0) is 49.2 Å². The molecular weight excluding hydrogens is 341 g/mol. The number of benzene rings is 2. The lowest BCUT2D eigenvalue weighted by atomic mass is 10.1. The molecular formula is C17H14Cl3NO. The van der Waals surface area contributed by atoms with Crippen molar-refractivity contribution in [3.8, 4) is 0 Å². The Morgan fingerprint density at radius 3 is 2.27 bits per heavy atom. The Balaban J connectivity index is 2.19. The summed E-state index contributed by atoms with van der Waals surface area (Å²) in [6, 6.07) is 8.93. The minimum Gasteiger partial charge on any atom is -0.321 e. The van der Waals surface area contributed by atoms with Gasteiger partial charge in [0.1, 0.15) is 0 Å². The van der Waals surface area contributed by atoms with Crippen molar-refractivity contribution in [2.75, 3.05) is 5.32 Å². The quantitative estimate of drug-likeness (QED) is 0.681. The zero-order valence-electron chi connectivity index (χ0n) is 12.1. The maximum atomic E-state index is 12.1. The van der Waals surface area contributed by atoms with Crippen molar-refractivity contribution in [1.82, 2.24) is 0 Å². The van der Waals surface area contributed by atoms with Crippen LogP contribution in [-0.2, 0) is 4.79 Å². The molecule has 2 aromatic carbocycles. The van der Waals surface area contributed by atoms with Gasteiger partial charge in [-0.3, -0.25) is 4.79 Å². The topological polar surface area (TPSA) is 29.1 Å². The Hall–Kier alpha value is -1.48. The van der Waals surface area contributed by atoms with Crippen LogP contribution in [0.5, 0.6) is 0 Å². The van der Waals surface area contributed by atoms with Crippen molar-refractivity contribution >= 4 is 52.5 Å². The largest absolute Gasteiger partial charge is 0.321 e. The van der Waals surface area contributed by atoms with Crippen LogP contribution in [0.2, 0.25) is 15.1 Å². The number of halogens is 3. The monoisotopic (exact) mass is 353 g/mol. The standard InChI is InChI=1S/C17H14Cl3NO/c1-10-8-11(2)17(15(20)9-10)21-16(22)7-6-12-13(18)4-3-5-14(12)19/h3-9H,1-2H3,(H,21,22)/b7-6+. The predicted octanol–water partition coefficient (Wildman–Crippen LogP) is 5.92. The molecule has 0 bridgehead atoms. The van der Waals surface area contributed by atoms with Crippen LogP contribution in [0.1, 0.15) is 16.7 Å². The Morgan fingerprint density at radius 1 is 1.05 bits per heavy atom. The van der Waals surface area contributed by atoms with Gasteiger partial charge in [0.2, 0.25) is 5.91 Å². The molecule has 0 spiro atoms. The Bertz CT molecular complexity index is 710. The first-order chi connectivity index (χ1) is 10.4. The summed E-state index contributed by atoms with van der Waals surface area (Å²) in [5.41, 5.74) is 3.15. The highest BCUT2D eigenvalue weighted by Gasteiger charge is 2.08. The number of amides is 1. The number of nitrogens with one attached hydrogen (secondary N) is 1. The number of aryl methyl sites for hydroxylation is 2. The second-order valence-corrected chi connectivity index (χ2v) is 6.12. The molecule has 5 heteroatoms. The molecule has 0 radical (unpaired) electrons. The zero-order chi connectivity index (χ0) is 16.3. The molecule has 0 aliphatic heterocycles. The summed E-state index contributed by atoms with van der Waals surface area (Å²) in [4.78, 5) is 12.1. The molecule has 0 unspecified atom stereocenters. The van der Waals surface area contributed by atoms with E-state index in [1.165, 1.54) is 6.08 Å². The van der Waals surface area contributed by atoms with E-state index in [-0.39, 0.29) is 5.91 Å². The summed E-state index contributed by atoms with van der Waals surface area (Å²) in [5.74, 6) is -0.301. The van der Waals surface area contributed by atoms with Gasteiger partial charge in [-0.1, -0.05) is 46.9 Å². The van der Waals surface area contributed by atoms with E-state index in [1.54, 1.807) is 30.3 Å². The van der Waals surface area contributed by atoms with Gasteiger partial charge < -0.3 is 5.32 Å². The van der Waals surface area contributed by atoms with Gasteiger partial charge >= 0.3 is 0 Å². The van der Waals surface area contributed by atoms with E-state index in [1.807, 2.05) is 19.9 Å². The molecule has 0 aromatic heterocycles. The first-order valence-electron chi connectivity index (χ1n) is 6.58. The fourth-order valence-electron chi connectivity index (χ4n) is 2.07. The summed E-state index contributed by atoms with van der Waals surface area (Å²) >= 11 is 18.3. The lowest BCUT2D eigenvalue weighted by Gasteiger charge is -2.10. The molecule has 22 heavy (non-hydrogen) atoms. The van der Waals surface area contributed by atoms with E-state index in [0.717, 1.165) is 11.1 Å². The van der Waals surface area contributed by atoms with E-state index in [4.69, 9.17) is 34.8 Å². The van der Waals surface area contributed by atoms with Crippen LogP contribution in [0.4, 0.5) is 5.69 Å². The summed E-state index contributed by atoms with van der Waals surface area (Å²) in [6.45, 7) is 3.84. The number of anilines is 1. The average molecular weight is 355 g/mol. The number of hydrogen-bond acceptors (Lipinski definition) is 1. The second kappa shape index (κ2) is 7.19. The number of rotatable bonds is 3. The number of hydrogen-bond donors (Lipinski definition) is 1. The van der Waals surface area contributed by atoms with Gasteiger partial charge in [-0.25, -0.2) is 0 Å². The van der Waals surface area contributed by atoms with Crippen molar-refractivity contribution < 1.29 is 4.79 Å². The summed E-state index contributed by atoms with van der Waals surface area (Å²) in [7, 11) is 0. The maximum absolute atomic E-state index is 12.1. The predicted molar refractivity (Wildman–Crippen MR) is 95.1 cm³/mol. The van der Waals surface area contributed by atoms with Crippen molar-refractivity contribution in [3.63, 3.8) is 0 Å². The minimum atomic E-state index is -0.301. The van der Waals surface area contributed by atoms with Gasteiger partial charge in [0.25, 0.3) is 0 Å². The smallest absolute Gasteiger partial charge is 0.248 e. The van der Waals surface area contributed by atoms with Gasteiger partial charge in [0.05, 0.1) is 10.7 Å².